The molecule has 0 saturated carbocycles. The summed E-state index contributed by atoms with van der Waals surface area (Å²) in [6.45, 7) is 1.81. The van der Waals surface area contributed by atoms with Crippen LogP contribution >= 0.6 is 0 Å². The predicted molar refractivity (Wildman–Crippen MR) is 98.3 cm³/mol. The van der Waals surface area contributed by atoms with Crippen molar-refractivity contribution in [3.8, 4) is 11.3 Å². The van der Waals surface area contributed by atoms with E-state index in [1.165, 1.54) is 0 Å². The second-order valence-corrected chi connectivity index (χ2v) is 6.37. The standard InChI is InChI=1S/C20H20N4O/c1-24(15-8-11-22-13-15)20(25)17-12-19(14-6-9-21-10-7-14)23-18-5-3-2-4-16(17)18/h2-7,9-10,12,15,22H,8,11,13H2,1H3. The molecule has 1 aliphatic heterocycles. The summed E-state index contributed by atoms with van der Waals surface area (Å²) < 4.78 is 0. The molecule has 5 heteroatoms. The van der Waals surface area contributed by atoms with E-state index in [4.69, 9.17) is 4.98 Å². The molecule has 1 unspecified atom stereocenters. The molecule has 0 spiro atoms. The molecular weight excluding hydrogens is 312 g/mol. The van der Waals surface area contributed by atoms with Crippen LogP contribution in [-0.2, 0) is 0 Å². The van der Waals surface area contributed by atoms with E-state index in [1.807, 2.05) is 54.4 Å². The van der Waals surface area contributed by atoms with Gasteiger partial charge < -0.3 is 10.2 Å². The van der Waals surface area contributed by atoms with Crippen LogP contribution in [0.25, 0.3) is 22.2 Å². The van der Waals surface area contributed by atoms with Crippen LogP contribution in [0, 0.1) is 0 Å². The van der Waals surface area contributed by atoms with Gasteiger partial charge in [-0.15, -0.1) is 0 Å². The number of nitrogens with one attached hydrogen (secondary N) is 1. The van der Waals surface area contributed by atoms with Crippen molar-refractivity contribution in [3.05, 3.63) is 60.4 Å². The van der Waals surface area contributed by atoms with E-state index in [1.54, 1.807) is 12.4 Å². The number of likely N-dealkylation sites (N-methyl/N-ethyl adjacent to an activating group) is 1. The molecule has 5 nitrogen and oxygen atoms in total. The van der Waals surface area contributed by atoms with Crippen LogP contribution in [-0.4, -0.2) is 47.0 Å². The van der Waals surface area contributed by atoms with E-state index in [-0.39, 0.29) is 11.9 Å². The highest BCUT2D eigenvalue weighted by Crippen LogP contribution is 2.26. The Hall–Kier alpha value is -2.79. The maximum Gasteiger partial charge on any atom is 0.254 e. The minimum absolute atomic E-state index is 0.0441. The van der Waals surface area contributed by atoms with Crippen LogP contribution in [0.1, 0.15) is 16.8 Å². The van der Waals surface area contributed by atoms with E-state index < -0.39 is 0 Å². The van der Waals surface area contributed by atoms with E-state index in [9.17, 15) is 4.79 Å². The van der Waals surface area contributed by atoms with Gasteiger partial charge in [0.1, 0.15) is 0 Å². The Labute approximate surface area is 146 Å². The lowest BCUT2D eigenvalue weighted by Crippen LogP contribution is -2.38. The highest BCUT2D eigenvalue weighted by atomic mass is 16.2. The monoisotopic (exact) mass is 332 g/mol. The Bertz CT molecular complexity index is 904. The average molecular weight is 332 g/mol. The Morgan fingerprint density at radius 1 is 1.20 bits per heavy atom. The first-order chi connectivity index (χ1) is 12.2. The molecule has 0 radical (unpaired) electrons. The molecule has 126 valence electrons. The number of rotatable bonds is 3. The summed E-state index contributed by atoms with van der Waals surface area (Å²) in [6.07, 6.45) is 4.47. The molecule has 1 amide bonds. The summed E-state index contributed by atoms with van der Waals surface area (Å²) in [5.41, 5.74) is 3.28. The van der Waals surface area contributed by atoms with Gasteiger partial charge in [0, 0.05) is 43.0 Å². The Kier molecular flexibility index (Phi) is 4.15. The lowest BCUT2D eigenvalue weighted by atomic mass is 10.0. The number of carbonyl (C=O) groups excluding carboxylic acids is 1. The largest absolute Gasteiger partial charge is 0.337 e. The summed E-state index contributed by atoms with van der Waals surface area (Å²) >= 11 is 0. The van der Waals surface area contributed by atoms with Gasteiger partial charge in [-0.2, -0.15) is 0 Å². The van der Waals surface area contributed by atoms with Gasteiger partial charge >= 0.3 is 0 Å². The normalized spacial score (nSPS) is 16.9. The van der Waals surface area contributed by atoms with E-state index in [0.29, 0.717) is 5.56 Å². The van der Waals surface area contributed by atoms with Crippen molar-refractivity contribution in [3.63, 3.8) is 0 Å². The topological polar surface area (TPSA) is 58.1 Å². The molecule has 1 atom stereocenters. The highest BCUT2D eigenvalue weighted by Gasteiger charge is 2.25. The number of hydrogen-bond donors (Lipinski definition) is 1. The van der Waals surface area contributed by atoms with E-state index in [0.717, 1.165) is 41.7 Å². The van der Waals surface area contributed by atoms with Crippen LogP contribution < -0.4 is 5.32 Å². The van der Waals surface area contributed by atoms with Gasteiger partial charge in [0.15, 0.2) is 0 Å². The molecule has 1 aromatic carbocycles. The number of pyridine rings is 2. The maximum atomic E-state index is 13.2. The molecule has 1 aliphatic rings. The van der Waals surface area contributed by atoms with Gasteiger partial charge in [-0.1, -0.05) is 18.2 Å². The average Bonchev–Trinajstić information content (AvgIpc) is 3.21. The van der Waals surface area contributed by atoms with Crippen molar-refractivity contribution in [2.45, 2.75) is 12.5 Å². The number of nitrogens with zero attached hydrogens (tertiary/aromatic N) is 3. The highest BCUT2D eigenvalue weighted by molar-refractivity contribution is 6.07. The van der Waals surface area contributed by atoms with Gasteiger partial charge in [0.05, 0.1) is 16.8 Å². The number of fused-ring (bicyclic) bond motifs is 1. The van der Waals surface area contributed by atoms with Crippen molar-refractivity contribution < 1.29 is 4.79 Å². The summed E-state index contributed by atoms with van der Waals surface area (Å²) in [6, 6.07) is 13.8. The van der Waals surface area contributed by atoms with Crippen molar-refractivity contribution in [2.75, 3.05) is 20.1 Å². The van der Waals surface area contributed by atoms with Crippen LogP contribution in [0.4, 0.5) is 0 Å². The lowest BCUT2D eigenvalue weighted by molar-refractivity contribution is 0.0746. The van der Waals surface area contributed by atoms with Crippen molar-refractivity contribution in [2.24, 2.45) is 0 Å². The van der Waals surface area contributed by atoms with Crippen molar-refractivity contribution in [1.29, 1.82) is 0 Å². The summed E-state index contributed by atoms with van der Waals surface area (Å²) in [5, 5.41) is 4.21. The molecule has 3 aromatic rings. The third kappa shape index (κ3) is 2.98. The minimum atomic E-state index is 0.0441. The van der Waals surface area contributed by atoms with E-state index >= 15 is 0 Å². The molecule has 4 rings (SSSR count). The summed E-state index contributed by atoms with van der Waals surface area (Å²) in [7, 11) is 1.89. The molecular formula is C20H20N4O. The van der Waals surface area contributed by atoms with Gasteiger partial charge in [-0.25, -0.2) is 4.98 Å². The number of hydrogen-bond acceptors (Lipinski definition) is 4. The van der Waals surface area contributed by atoms with Gasteiger partial charge in [0.25, 0.3) is 5.91 Å². The quantitative estimate of drug-likeness (QED) is 0.801. The molecule has 1 fully saturated rings. The number of benzene rings is 1. The molecule has 0 bridgehead atoms. The number of para-hydroxylation sites is 1. The zero-order valence-corrected chi connectivity index (χ0v) is 14.1. The first-order valence-corrected chi connectivity index (χ1v) is 8.52. The molecule has 3 heterocycles. The fourth-order valence-electron chi connectivity index (χ4n) is 3.35. The Balaban J connectivity index is 1.82. The third-order valence-corrected chi connectivity index (χ3v) is 4.83. The number of amides is 1. The maximum absolute atomic E-state index is 13.2. The van der Waals surface area contributed by atoms with Crippen molar-refractivity contribution >= 4 is 16.8 Å². The Morgan fingerprint density at radius 3 is 2.76 bits per heavy atom. The Morgan fingerprint density at radius 2 is 2.00 bits per heavy atom. The zero-order valence-electron chi connectivity index (χ0n) is 14.1. The van der Waals surface area contributed by atoms with Crippen molar-refractivity contribution in [1.82, 2.24) is 20.2 Å². The van der Waals surface area contributed by atoms with Crippen LogP contribution in [0.5, 0.6) is 0 Å². The zero-order chi connectivity index (χ0) is 17.2. The summed E-state index contributed by atoms with van der Waals surface area (Å²) in [4.78, 5) is 23.8. The molecule has 1 saturated heterocycles. The second kappa shape index (κ2) is 6.61. The predicted octanol–water partition coefficient (Wildman–Crippen LogP) is 2.73. The molecule has 1 N–H and O–H groups in total. The smallest absolute Gasteiger partial charge is 0.254 e. The number of aromatic nitrogens is 2. The minimum Gasteiger partial charge on any atom is -0.337 e. The fraction of sp³-hybridized carbons (Fsp3) is 0.250. The first kappa shape index (κ1) is 15.7. The lowest BCUT2D eigenvalue weighted by Gasteiger charge is -2.24. The number of carbonyl (C=O) groups is 1. The second-order valence-electron chi connectivity index (χ2n) is 6.37. The summed E-state index contributed by atoms with van der Waals surface area (Å²) in [5.74, 6) is 0.0441. The van der Waals surface area contributed by atoms with Crippen LogP contribution in [0.2, 0.25) is 0 Å². The SMILES string of the molecule is CN(C(=O)c1cc(-c2ccncc2)nc2ccccc12)C1CCNC1. The molecule has 0 aliphatic carbocycles. The van der Waals surface area contributed by atoms with Gasteiger partial charge in [0.2, 0.25) is 0 Å². The molecule has 2 aromatic heterocycles. The molecule has 25 heavy (non-hydrogen) atoms. The third-order valence-electron chi connectivity index (χ3n) is 4.83. The van der Waals surface area contributed by atoms with Crippen LogP contribution in [0.3, 0.4) is 0 Å². The fourth-order valence-corrected chi connectivity index (χ4v) is 3.35. The van der Waals surface area contributed by atoms with E-state index in [2.05, 4.69) is 10.3 Å². The van der Waals surface area contributed by atoms with Gasteiger partial charge in [-0.05, 0) is 37.2 Å². The van der Waals surface area contributed by atoms with Gasteiger partial charge in [-0.3, -0.25) is 9.78 Å². The first-order valence-electron chi connectivity index (χ1n) is 8.52. The van der Waals surface area contributed by atoms with Crippen LogP contribution in [0.15, 0.2) is 54.9 Å².